The van der Waals surface area contributed by atoms with Gasteiger partial charge in [0.05, 0.1) is 22.3 Å². The fourth-order valence-electron chi connectivity index (χ4n) is 2.50. The zero-order chi connectivity index (χ0) is 17.1. The van der Waals surface area contributed by atoms with Crippen LogP contribution < -0.4 is 5.56 Å². The molecule has 24 heavy (non-hydrogen) atoms. The van der Waals surface area contributed by atoms with Gasteiger partial charge in [-0.1, -0.05) is 59.6 Å². The molecule has 3 nitrogen and oxygen atoms in total. The molecule has 0 unspecified atom stereocenters. The Labute approximate surface area is 149 Å². The third-order valence-corrected chi connectivity index (χ3v) is 4.43. The molecule has 0 amide bonds. The van der Waals surface area contributed by atoms with E-state index in [9.17, 15) is 4.79 Å². The van der Waals surface area contributed by atoms with E-state index < -0.39 is 0 Å². The lowest BCUT2D eigenvalue weighted by molar-refractivity contribution is 0.765. The number of halogens is 2. The third kappa shape index (κ3) is 3.21. The highest BCUT2D eigenvalue weighted by Gasteiger charge is 2.11. The molecule has 118 valence electrons. The van der Waals surface area contributed by atoms with Gasteiger partial charge in [-0.3, -0.25) is 4.79 Å². The van der Waals surface area contributed by atoms with Crippen molar-refractivity contribution in [3.63, 3.8) is 0 Å². The molecule has 0 aliphatic rings. The Bertz CT molecular complexity index is 988. The van der Waals surface area contributed by atoms with E-state index in [0.717, 1.165) is 16.8 Å². The molecular formula is C19H12Cl2N2O. The fraction of sp³-hybridized carbons (Fsp3) is 0.0526. The Morgan fingerprint density at radius 3 is 2.38 bits per heavy atom. The average Bonchev–Trinajstić information content (AvgIpc) is 2.60. The Hall–Kier alpha value is -2.54. The third-order valence-electron chi connectivity index (χ3n) is 3.69. The lowest BCUT2D eigenvalue weighted by atomic mass is 10.1. The summed E-state index contributed by atoms with van der Waals surface area (Å²) in [6, 6.07) is 20.1. The maximum absolute atomic E-state index is 12.6. The van der Waals surface area contributed by atoms with Gasteiger partial charge in [0.2, 0.25) is 0 Å². The number of rotatable bonds is 3. The lowest BCUT2D eigenvalue weighted by Gasteiger charge is -2.14. The van der Waals surface area contributed by atoms with Gasteiger partial charge in [-0.15, -0.1) is 0 Å². The van der Waals surface area contributed by atoms with Gasteiger partial charge >= 0.3 is 0 Å². The standard InChI is InChI=1S/C19H12Cl2N2O/c20-16-8-6-13(10-17(16)21)12-23-18(14-4-2-1-3-5-14)9-7-15(11-22)19(23)24/h1-10H,12H2. The van der Waals surface area contributed by atoms with Gasteiger partial charge in [0.1, 0.15) is 11.6 Å². The smallest absolute Gasteiger partial charge is 0.269 e. The largest absolute Gasteiger partial charge is 0.303 e. The van der Waals surface area contributed by atoms with Crippen LogP contribution in [0, 0.1) is 11.3 Å². The van der Waals surface area contributed by atoms with Crippen molar-refractivity contribution in [1.29, 1.82) is 5.26 Å². The van der Waals surface area contributed by atoms with Crippen LogP contribution in [0.5, 0.6) is 0 Å². The first kappa shape index (κ1) is 16.3. The molecule has 0 fully saturated rings. The maximum Gasteiger partial charge on any atom is 0.269 e. The van der Waals surface area contributed by atoms with Crippen LogP contribution in [0.4, 0.5) is 0 Å². The molecule has 0 spiro atoms. The van der Waals surface area contributed by atoms with Gasteiger partial charge < -0.3 is 4.57 Å². The molecule has 0 atom stereocenters. The molecule has 0 N–H and O–H groups in total. The summed E-state index contributed by atoms with van der Waals surface area (Å²) in [7, 11) is 0. The minimum Gasteiger partial charge on any atom is -0.303 e. The first-order valence-electron chi connectivity index (χ1n) is 7.23. The van der Waals surface area contributed by atoms with E-state index >= 15 is 0 Å². The minimum absolute atomic E-state index is 0.106. The van der Waals surface area contributed by atoms with Gasteiger partial charge in [-0.2, -0.15) is 5.26 Å². The molecule has 5 heteroatoms. The van der Waals surface area contributed by atoms with Crippen LogP contribution in [0.15, 0.2) is 65.5 Å². The average molecular weight is 355 g/mol. The Kier molecular flexibility index (Phi) is 4.71. The van der Waals surface area contributed by atoms with Crippen molar-refractivity contribution in [3.05, 3.63) is 92.2 Å². The Morgan fingerprint density at radius 1 is 0.958 bits per heavy atom. The summed E-state index contributed by atoms with van der Waals surface area (Å²) in [6.07, 6.45) is 0. The van der Waals surface area contributed by atoms with Crippen LogP contribution in [-0.4, -0.2) is 4.57 Å². The minimum atomic E-state index is -0.329. The highest BCUT2D eigenvalue weighted by atomic mass is 35.5. The SMILES string of the molecule is N#Cc1ccc(-c2ccccc2)n(Cc2ccc(Cl)c(Cl)c2)c1=O. The topological polar surface area (TPSA) is 45.8 Å². The van der Waals surface area contributed by atoms with Gasteiger partial charge in [-0.25, -0.2) is 0 Å². The van der Waals surface area contributed by atoms with Crippen molar-refractivity contribution in [2.75, 3.05) is 0 Å². The van der Waals surface area contributed by atoms with E-state index in [-0.39, 0.29) is 11.1 Å². The molecule has 3 rings (SSSR count). The number of benzene rings is 2. The number of aromatic nitrogens is 1. The van der Waals surface area contributed by atoms with E-state index in [0.29, 0.717) is 16.6 Å². The first-order valence-corrected chi connectivity index (χ1v) is 7.99. The van der Waals surface area contributed by atoms with Crippen molar-refractivity contribution in [1.82, 2.24) is 4.57 Å². The first-order chi connectivity index (χ1) is 11.6. The second-order valence-electron chi connectivity index (χ2n) is 5.25. The van der Waals surface area contributed by atoms with E-state index in [1.165, 1.54) is 0 Å². The van der Waals surface area contributed by atoms with Crippen molar-refractivity contribution < 1.29 is 0 Å². The van der Waals surface area contributed by atoms with Gasteiger partial charge in [0.15, 0.2) is 0 Å². The quantitative estimate of drug-likeness (QED) is 0.681. The molecule has 0 aliphatic carbocycles. The Balaban J connectivity index is 2.15. The fourth-order valence-corrected chi connectivity index (χ4v) is 2.82. The lowest BCUT2D eigenvalue weighted by Crippen LogP contribution is -2.24. The molecule has 0 radical (unpaired) electrons. The molecule has 0 bridgehead atoms. The van der Waals surface area contributed by atoms with Crippen LogP contribution in [0.1, 0.15) is 11.1 Å². The van der Waals surface area contributed by atoms with Crippen molar-refractivity contribution >= 4 is 23.2 Å². The predicted molar refractivity (Wildman–Crippen MR) is 96.4 cm³/mol. The number of hydrogen-bond acceptors (Lipinski definition) is 2. The van der Waals surface area contributed by atoms with Crippen molar-refractivity contribution in [2.45, 2.75) is 6.54 Å². The van der Waals surface area contributed by atoms with Crippen LogP contribution in [0.25, 0.3) is 11.3 Å². The molecule has 0 saturated heterocycles. The van der Waals surface area contributed by atoms with E-state index in [4.69, 9.17) is 28.5 Å². The highest BCUT2D eigenvalue weighted by Crippen LogP contribution is 2.24. The van der Waals surface area contributed by atoms with Crippen molar-refractivity contribution in [2.24, 2.45) is 0 Å². The van der Waals surface area contributed by atoms with Crippen LogP contribution >= 0.6 is 23.2 Å². The summed E-state index contributed by atoms with van der Waals surface area (Å²) in [4.78, 5) is 12.6. The molecule has 1 aromatic heterocycles. The van der Waals surface area contributed by atoms with Crippen molar-refractivity contribution in [3.8, 4) is 17.3 Å². The van der Waals surface area contributed by atoms with Gasteiger partial charge in [0, 0.05) is 0 Å². The van der Waals surface area contributed by atoms with Gasteiger partial charge in [-0.05, 0) is 35.4 Å². The van der Waals surface area contributed by atoms with E-state index in [2.05, 4.69) is 0 Å². The second-order valence-corrected chi connectivity index (χ2v) is 6.06. The Morgan fingerprint density at radius 2 is 1.71 bits per heavy atom. The number of nitriles is 1. The summed E-state index contributed by atoms with van der Waals surface area (Å²) in [5.74, 6) is 0. The zero-order valence-corrected chi connectivity index (χ0v) is 14.1. The van der Waals surface area contributed by atoms with Gasteiger partial charge in [0.25, 0.3) is 5.56 Å². The number of pyridine rings is 1. The van der Waals surface area contributed by atoms with Crippen LogP contribution in [0.2, 0.25) is 10.0 Å². The predicted octanol–water partition coefficient (Wildman–Crippen LogP) is 4.74. The highest BCUT2D eigenvalue weighted by molar-refractivity contribution is 6.42. The van der Waals surface area contributed by atoms with Crippen LogP contribution in [0.3, 0.4) is 0 Å². The molecule has 0 aliphatic heterocycles. The summed E-state index contributed by atoms with van der Waals surface area (Å²) in [6.45, 7) is 0.301. The molecule has 2 aromatic carbocycles. The normalized spacial score (nSPS) is 10.4. The monoisotopic (exact) mass is 354 g/mol. The molecule has 0 saturated carbocycles. The maximum atomic E-state index is 12.6. The second kappa shape index (κ2) is 6.92. The van der Waals surface area contributed by atoms with E-state index in [1.54, 1.807) is 28.8 Å². The summed E-state index contributed by atoms with van der Waals surface area (Å²) < 4.78 is 1.58. The van der Waals surface area contributed by atoms with Crippen LogP contribution in [-0.2, 0) is 6.54 Å². The molecule has 3 aromatic rings. The van der Waals surface area contributed by atoms with E-state index in [1.807, 2.05) is 42.5 Å². The number of hydrogen-bond donors (Lipinski definition) is 0. The molecule has 1 heterocycles. The summed E-state index contributed by atoms with van der Waals surface area (Å²) >= 11 is 12.0. The summed E-state index contributed by atoms with van der Waals surface area (Å²) in [5, 5.41) is 10.0. The molecular weight excluding hydrogens is 343 g/mol. The zero-order valence-electron chi connectivity index (χ0n) is 12.5. The number of nitrogens with zero attached hydrogens (tertiary/aromatic N) is 2. The summed E-state index contributed by atoms with van der Waals surface area (Å²) in [5.41, 5.74) is 2.25.